The first-order valence-electron chi connectivity index (χ1n) is 6.99. The highest BCUT2D eigenvalue weighted by atomic mass is 35.5. The highest BCUT2D eigenvalue weighted by molar-refractivity contribution is 6.31. The van der Waals surface area contributed by atoms with Crippen molar-refractivity contribution >= 4 is 17.3 Å². The lowest BCUT2D eigenvalue weighted by molar-refractivity contribution is 0.738. The summed E-state index contributed by atoms with van der Waals surface area (Å²) in [6.07, 6.45) is 0.819. The van der Waals surface area contributed by atoms with E-state index in [1.54, 1.807) is 0 Å². The first-order valence-corrected chi connectivity index (χ1v) is 7.37. The molecule has 1 aliphatic heterocycles. The third-order valence-corrected chi connectivity index (χ3v) is 4.14. The Hall–Kier alpha value is -1.51. The van der Waals surface area contributed by atoms with Crippen LogP contribution in [0.15, 0.2) is 42.5 Å². The molecule has 3 rings (SSSR count). The molecule has 2 aromatic carbocycles. The van der Waals surface area contributed by atoms with E-state index in [0.717, 1.165) is 30.1 Å². The maximum absolute atomic E-state index is 6.38. The van der Waals surface area contributed by atoms with Crippen LogP contribution in [-0.4, -0.2) is 6.04 Å². The SMILES string of the molecule is CC(N)Cc1ccc(N2Cc3ccccc3C2)cc1Cl. The largest absolute Gasteiger partial charge is 0.363 e. The first kappa shape index (κ1) is 13.5. The fraction of sp³-hybridized carbons (Fsp3) is 0.294. The van der Waals surface area contributed by atoms with E-state index >= 15 is 0 Å². The fourth-order valence-electron chi connectivity index (χ4n) is 2.76. The molecule has 0 spiro atoms. The Morgan fingerprint density at radius 3 is 2.35 bits per heavy atom. The van der Waals surface area contributed by atoms with Crippen LogP contribution in [0, 0.1) is 0 Å². The van der Waals surface area contributed by atoms with Gasteiger partial charge in [-0.2, -0.15) is 0 Å². The number of rotatable bonds is 3. The van der Waals surface area contributed by atoms with Gasteiger partial charge in [-0.15, -0.1) is 0 Å². The summed E-state index contributed by atoms with van der Waals surface area (Å²) in [5.74, 6) is 0. The molecule has 20 heavy (non-hydrogen) atoms. The second-order valence-electron chi connectivity index (χ2n) is 5.58. The van der Waals surface area contributed by atoms with Crippen molar-refractivity contribution in [2.45, 2.75) is 32.5 Å². The topological polar surface area (TPSA) is 29.3 Å². The Bertz CT molecular complexity index is 597. The molecular weight excluding hydrogens is 268 g/mol. The average molecular weight is 287 g/mol. The van der Waals surface area contributed by atoms with Gasteiger partial charge in [-0.1, -0.05) is 41.9 Å². The minimum absolute atomic E-state index is 0.134. The van der Waals surface area contributed by atoms with Crippen LogP contribution < -0.4 is 10.6 Å². The molecule has 0 fully saturated rings. The monoisotopic (exact) mass is 286 g/mol. The standard InChI is InChI=1S/C17H19ClN2/c1-12(19)8-13-6-7-16(9-17(13)18)20-10-14-4-2-3-5-15(14)11-20/h2-7,9,12H,8,10-11,19H2,1H3. The Balaban J connectivity index is 1.81. The van der Waals surface area contributed by atoms with Gasteiger partial charge in [-0.05, 0) is 42.2 Å². The maximum Gasteiger partial charge on any atom is 0.0459 e. The lowest BCUT2D eigenvalue weighted by Gasteiger charge is -2.19. The zero-order valence-electron chi connectivity index (χ0n) is 11.6. The maximum atomic E-state index is 6.38. The Morgan fingerprint density at radius 1 is 1.15 bits per heavy atom. The van der Waals surface area contributed by atoms with E-state index < -0.39 is 0 Å². The first-order chi connectivity index (χ1) is 9.63. The fourth-order valence-corrected chi connectivity index (χ4v) is 3.01. The number of fused-ring (bicyclic) bond motifs is 1. The molecule has 0 radical (unpaired) electrons. The van der Waals surface area contributed by atoms with Crippen molar-refractivity contribution in [3.05, 3.63) is 64.2 Å². The highest BCUT2D eigenvalue weighted by Gasteiger charge is 2.19. The molecule has 2 N–H and O–H groups in total. The smallest absolute Gasteiger partial charge is 0.0459 e. The van der Waals surface area contributed by atoms with Gasteiger partial charge in [0.1, 0.15) is 0 Å². The summed E-state index contributed by atoms with van der Waals surface area (Å²) in [5, 5.41) is 0.816. The molecule has 1 heterocycles. The van der Waals surface area contributed by atoms with Gasteiger partial charge in [0.25, 0.3) is 0 Å². The number of hydrogen-bond donors (Lipinski definition) is 1. The molecule has 0 aromatic heterocycles. The van der Waals surface area contributed by atoms with Crippen LogP contribution >= 0.6 is 11.6 Å². The predicted molar refractivity (Wildman–Crippen MR) is 85.1 cm³/mol. The Labute approximate surface area is 125 Å². The van der Waals surface area contributed by atoms with Gasteiger partial charge in [-0.3, -0.25) is 0 Å². The van der Waals surface area contributed by atoms with E-state index in [2.05, 4.69) is 47.4 Å². The molecule has 1 unspecified atom stereocenters. The quantitative estimate of drug-likeness (QED) is 0.931. The number of benzene rings is 2. The van der Waals surface area contributed by atoms with Crippen molar-refractivity contribution in [1.82, 2.24) is 0 Å². The minimum Gasteiger partial charge on any atom is -0.363 e. The van der Waals surface area contributed by atoms with Crippen molar-refractivity contribution < 1.29 is 0 Å². The molecular formula is C17H19ClN2. The predicted octanol–water partition coefficient (Wildman–Crippen LogP) is 3.75. The normalized spacial score (nSPS) is 15.2. The minimum atomic E-state index is 0.134. The summed E-state index contributed by atoms with van der Waals surface area (Å²) in [6, 6.07) is 15.0. The zero-order valence-corrected chi connectivity index (χ0v) is 12.4. The number of hydrogen-bond acceptors (Lipinski definition) is 2. The van der Waals surface area contributed by atoms with Crippen LogP contribution in [0.1, 0.15) is 23.6 Å². The summed E-state index contributed by atoms with van der Waals surface area (Å²) >= 11 is 6.38. The third kappa shape index (κ3) is 2.67. The molecule has 0 amide bonds. The second kappa shape index (κ2) is 5.47. The van der Waals surface area contributed by atoms with Crippen molar-refractivity contribution in [3.63, 3.8) is 0 Å². The summed E-state index contributed by atoms with van der Waals surface area (Å²) in [5.41, 5.74) is 11.0. The number of nitrogens with two attached hydrogens (primary N) is 1. The van der Waals surface area contributed by atoms with Gasteiger partial charge in [0.2, 0.25) is 0 Å². The number of nitrogens with zero attached hydrogens (tertiary/aromatic N) is 1. The molecule has 2 aromatic rings. The third-order valence-electron chi connectivity index (χ3n) is 3.78. The van der Waals surface area contributed by atoms with Crippen LogP contribution in [0.25, 0.3) is 0 Å². The van der Waals surface area contributed by atoms with E-state index in [9.17, 15) is 0 Å². The molecule has 104 valence electrons. The van der Waals surface area contributed by atoms with Gasteiger partial charge >= 0.3 is 0 Å². The number of halogens is 1. The molecule has 0 aliphatic carbocycles. The second-order valence-corrected chi connectivity index (χ2v) is 5.99. The molecule has 1 atom stereocenters. The summed E-state index contributed by atoms with van der Waals surface area (Å²) in [6.45, 7) is 3.92. The van der Waals surface area contributed by atoms with Gasteiger partial charge in [-0.25, -0.2) is 0 Å². The van der Waals surface area contributed by atoms with Crippen molar-refractivity contribution in [2.24, 2.45) is 5.73 Å². The van der Waals surface area contributed by atoms with Gasteiger partial charge in [0, 0.05) is 29.8 Å². The van der Waals surface area contributed by atoms with Crippen LogP contribution in [-0.2, 0) is 19.5 Å². The Morgan fingerprint density at radius 2 is 1.80 bits per heavy atom. The molecule has 0 saturated carbocycles. The van der Waals surface area contributed by atoms with Crippen LogP contribution in [0.5, 0.6) is 0 Å². The molecule has 0 saturated heterocycles. The van der Waals surface area contributed by atoms with Gasteiger partial charge in [0.15, 0.2) is 0 Å². The van der Waals surface area contributed by atoms with Crippen molar-refractivity contribution in [2.75, 3.05) is 4.90 Å². The van der Waals surface area contributed by atoms with Crippen molar-refractivity contribution in [3.8, 4) is 0 Å². The van der Waals surface area contributed by atoms with E-state index in [4.69, 9.17) is 17.3 Å². The van der Waals surface area contributed by atoms with Gasteiger partial charge < -0.3 is 10.6 Å². The summed E-state index contributed by atoms with van der Waals surface area (Å²) in [7, 11) is 0. The Kier molecular flexibility index (Phi) is 3.68. The highest BCUT2D eigenvalue weighted by Crippen LogP contribution is 2.31. The molecule has 2 nitrogen and oxygen atoms in total. The zero-order chi connectivity index (χ0) is 14.1. The number of anilines is 1. The van der Waals surface area contributed by atoms with Gasteiger partial charge in [0.05, 0.1) is 0 Å². The lowest BCUT2D eigenvalue weighted by atomic mass is 10.1. The lowest BCUT2D eigenvalue weighted by Crippen LogP contribution is -2.18. The van der Waals surface area contributed by atoms with Crippen LogP contribution in [0.2, 0.25) is 5.02 Å². The van der Waals surface area contributed by atoms with E-state index in [-0.39, 0.29) is 6.04 Å². The molecule has 3 heteroatoms. The summed E-state index contributed by atoms with van der Waals surface area (Å²) in [4.78, 5) is 2.35. The van der Waals surface area contributed by atoms with Crippen LogP contribution in [0.3, 0.4) is 0 Å². The van der Waals surface area contributed by atoms with E-state index in [1.807, 2.05) is 6.92 Å². The van der Waals surface area contributed by atoms with E-state index in [1.165, 1.54) is 16.8 Å². The molecule has 1 aliphatic rings. The van der Waals surface area contributed by atoms with Crippen molar-refractivity contribution in [1.29, 1.82) is 0 Å². The molecule has 0 bridgehead atoms. The summed E-state index contributed by atoms with van der Waals surface area (Å²) < 4.78 is 0. The van der Waals surface area contributed by atoms with E-state index in [0.29, 0.717) is 0 Å². The average Bonchev–Trinajstić information content (AvgIpc) is 2.84. The van der Waals surface area contributed by atoms with Crippen LogP contribution in [0.4, 0.5) is 5.69 Å².